The Bertz CT molecular complexity index is 976. The summed E-state index contributed by atoms with van der Waals surface area (Å²) in [6, 6.07) is 11.6. The largest absolute Gasteiger partial charge is 0.494 e. The molecule has 0 aliphatic rings. The molecule has 1 N–H and O–H groups in total. The van der Waals surface area contributed by atoms with Crippen molar-refractivity contribution in [3.05, 3.63) is 64.5 Å². The van der Waals surface area contributed by atoms with Crippen LogP contribution in [0.5, 0.6) is 5.75 Å². The fourth-order valence-corrected chi connectivity index (χ4v) is 2.80. The summed E-state index contributed by atoms with van der Waals surface area (Å²) in [5.74, 6) is 0.388. The van der Waals surface area contributed by atoms with E-state index in [9.17, 15) is 4.79 Å². The zero-order chi connectivity index (χ0) is 18.8. The van der Waals surface area contributed by atoms with E-state index in [1.807, 2.05) is 64.1 Å². The van der Waals surface area contributed by atoms with Crippen molar-refractivity contribution in [3.63, 3.8) is 0 Å². The number of benzene rings is 2. The SMILES string of the molecule is COc1ccc(C)cc1-n1nnc(C(=O)Nc2cccc(C)c2C)c1C. The number of rotatable bonds is 4. The van der Waals surface area contributed by atoms with Gasteiger partial charge in [0.05, 0.1) is 12.8 Å². The number of amides is 1. The second kappa shape index (κ2) is 7.00. The molecule has 3 aromatic rings. The molecule has 0 saturated heterocycles. The lowest BCUT2D eigenvalue weighted by Gasteiger charge is -2.11. The molecule has 0 aliphatic carbocycles. The first-order valence-electron chi connectivity index (χ1n) is 8.37. The summed E-state index contributed by atoms with van der Waals surface area (Å²) >= 11 is 0. The summed E-state index contributed by atoms with van der Waals surface area (Å²) in [7, 11) is 1.61. The van der Waals surface area contributed by atoms with Crippen LogP contribution in [0.15, 0.2) is 36.4 Å². The summed E-state index contributed by atoms with van der Waals surface area (Å²) in [5, 5.41) is 11.2. The number of methoxy groups -OCH3 is 1. The molecule has 0 radical (unpaired) electrons. The molecule has 0 spiro atoms. The Morgan fingerprint density at radius 1 is 1.12 bits per heavy atom. The van der Waals surface area contributed by atoms with Crippen molar-refractivity contribution >= 4 is 11.6 Å². The third-order valence-corrected chi connectivity index (χ3v) is 4.53. The molecule has 2 aromatic carbocycles. The third-order valence-electron chi connectivity index (χ3n) is 4.53. The third kappa shape index (κ3) is 3.18. The first-order chi connectivity index (χ1) is 12.4. The molecular formula is C20H22N4O2. The number of nitrogens with zero attached hydrogens (tertiary/aromatic N) is 3. The van der Waals surface area contributed by atoms with Crippen molar-refractivity contribution in [3.8, 4) is 11.4 Å². The van der Waals surface area contributed by atoms with E-state index in [0.29, 0.717) is 11.4 Å². The number of hydrogen-bond donors (Lipinski definition) is 1. The number of ether oxygens (including phenoxy) is 1. The standard InChI is InChI=1S/C20H22N4O2/c1-12-9-10-18(26-5)17(11-12)24-15(4)19(22-23-24)20(25)21-16-8-6-7-13(2)14(16)3/h6-11H,1-5H3,(H,21,25). The molecule has 0 aliphatic heterocycles. The van der Waals surface area contributed by atoms with Crippen LogP contribution >= 0.6 is 0 Å². The molecule has 0 fully saturated rings. The van der Waals surface area contributed by atoms with Crippen LogP contribution in [0.4, 0.5) is 5.69 Å². The van der Waals surface area contributed by atoms with E-state index >= 15 is 0 Å². The van der Waals surface area contributed by atoms with Crippen LogP contribution in [0, 0.1) is 27.7 Å². The molecule has 134 valence electrons. The van der Waals surface area contributed by atoms with Gasteiger partial charge >= 0.3 is 0 Å². The minimum atomic E-state index is -0.283. The average molecular weight is 350 g/mol. The van der Waals surface area contributed by atoms with Crippen molar-refractivity contribution in [2.24, 2.45) is 0 Å². The fraction of sp³-hybridized carbons (Fsp3) is 0.250. The molecule has 0 unspecified atom stereocenters. The summed E-state index contributed by atoms with van der Waals surface area (Å²) in [6.45, 7) is 7.80. The predicted octanol–water partition coefficient (Wildman–Crippen LogP) is 3.76. The highest BCUT2D eigenvalue weighted by Gasteiger charge is 2.20. The van der Waals surface area contributed by atoms with E-state index in [2.05, 4.69) is 15.6 Å². The lowest BCUT2D eigenvalue weighted by molar-refractivity contribution is 0.102. The molecule has 1 aromatic heterocycles. The maximum Gasteiger partial charge on any atom is 0.278 e. The highest BCUT2D eigenvalue weighted by atomic mass is 16.5. The average Bonchev–Trinajstić information content (AvgIpc) is 3.00. The van der Waals surface area contributed by atoms with Crippen LogP contribution in [0.2, 0.25) is 0 Å². The van der Waals surface area contributed by atoms with E-state index in [4.69, 9.17) is 4.74 Å². The van der Waals surface area contributed by atoms with Crippen LogP contribution in [-0.4, -0.2) is 28.0 Å². The van der Waals surface area contributed by atoms with Crippen LogP contribution in [0.25, 0.3) is 5.69 Å². The molecule has 0 saturated carbocycles. The normalized spacial score (nSPS) is 10.7. The number of nitrogens with one attached hydrogen (secondary N) is 1. The van der Waals surface area contributed by atoms with E-state index in [0.717, 1.165) is 28.1 Å². The number of hydrogen-bond acceptors (Lipinski definition) is 4. The first-order valence-corrected chi connectivity index (χ1v) is 8.37. The second-order valence-corrected chi connectivity index (χ2v) is 6.31. The van der Waals surface area contributed by atoms with E-state index in [1.165, 1.54) is 0 Å². The summed E-state index contributed by atoms with van der Waals surface area (Å²) in [5.41, 5.74) is 5.68. The highest BCUT2D eigenvalue weighted by Crippen LogP contribution is 2.25. The predicted molar refractivity (Wildman–Crippen MR) is 101 cm³/mol. The summed E-state index contributed by atoms with van der Waals surface area (Å²) in [4.78, 5) is 12.7. The molecule has 26 heavy (non-hydrogen) atoms. The minimum Gasteiger partial charge on any atom is -0.494 e. The number of carbonyl (C=O) groups is 1. The lowest BCUT2D eigenvalue weighted by atomic mass is 10.1. The van der Waals surface area contributed by atoms with Gasteiger partial charge in [0.25, 0.3) is 5.91 Å². The number of anilines is 1. The summed E-state index contributed by atoms with van der Waals surface area (Å²) < 4.78 is 7.04. The molecule has 6 heteroatoms. The monoisotopic (exact) mass is 350 g/mol. The molecule has 1 amide bonds. The summed E-state index contributed by atoms with van der Waals surface area (Å²) in [6.07, 6.45) is 0. The first kappa shape index (κ1) is 17.7. The van der Waals surface area contributed by atoms with Crippen LogP contribution in [0.1, 0.15) is 32.9 Å². The zero-order valence-corrected chi connectivity index (χ0v) is 15.6. The molecule has 0 bridgehead atoms. The van der Waals surface area contributed by atoms with E-state index in [1.54, 1.807) is 11.8 Å². The van der Waals surface area contributed by atoms with Crippen molar-refractivity contribution in [1.82, 2.24) is 15.0 Å². The van der Waals surface area contributed by atoms with Gasteiger partial charge in [-0.25, -0.2) is 4.68 Å². The Hall–Kier alpha value is -3.15. The Morgan fingerprint density at radius 3 is 2.62 bits per heavy atom. The number of carbonyl (C=O) groups excluding carboxylic acids is 1. The van der Waals surface area contributed by atoms with Gasteiger partial charge in [-0.1, -0.05) is 23.4 Å². The van der Waals surface area contributed by atoms with Crippen LogP contribution < -0.4 is 10.1 Å². The zero-order valence-electron chi connectivity index (χ0n) is 15.6. The molecule has 1 heterocycles. The molecule has 0 atom stereocenters. The smallest absolute Gasteiger partial charge is 0.278 e. The minimum absolute atomic E-state index is 0.283. The maximum atomic E-state index is 12.7. The Kier molecular flexibility index (Phi) is 4.75. The van der Waals surface area contributed by atoms with Gasteiger partial charge in [-0.3, -0.25) is 4.79 Å². The van der Waals surface area contributed by atoms with Gasteiger partial charge < -0.3 is 10.1 Å². The van der Waals surface area contributed by atoms with Crippen molar-refractivity contribution < 1.29 is 9.53 Å². The second-order valence-electron chi connectivity index (χ2n) is 6.31. The Morgan fingerprint density at radius 2 is 1.88 bits per heavy atom. The van der Waals surface area contributed by atoms with Gasteiger partial charge in [-0.2, -0.15) is 0 Å². The van der Waals surface area contributed by atoms with Gasteiger partial charge in [0.15, 0.2) is 5.69 Å². The maximum absolute atomic E-state index is 12.7. The topological polar surface area (TPSA) is 69.0 Å². The van der Waals surface area contributed by atoms with Gasteiger partial charge in [0.2, 0.25) is 0 Å². The Labute approximate surface area is 152 Å². The lowest BCUT2D eigenvalue weighted by Crippen LogP contribution is -2.15. The van der Waals surface area contributed by atoms with Gasteiger partial charge in [-0.05, 0) is 62.6 Å². The highest BCUT2D eigenvalue weighted by molar-refractivity contribution is 6.04. The molecular weight excluding hydrogens is 328 g/mol. The fourth-order valence-electron chi connectivity index (χ4n) is 2.80. The van der Waals surface area contributed by atoms with E-state index < -0.39 is 0 Å². The molecule has 6 nitrogen and oxygen atoms in total. The van der Waals surface area contributed by atoms with Gasteiger partial charge in [0.1, 0.15) is 11.4 Å². The quantitative estimate of drug-likeness (QED) is 0.778. The van der Waals surface area contributed by atoms with Crippen molar-refractivity contribution in [1.29, 1.82) is 0 Å². The van der Waals surface area contributed by atoms with Crippen molar-refractivity contribution in [2.45, 2.75) is 27.7 Å². The molecule has 3 rings (SSSR count). The Balaban J connectivity index is 1.95. The number of aryl methyl sites for hydroxylation is 2. The number of aromatic nitrogens is 3. The van der Waals surface area contributed by atoms with Gasteiger partial charge in [-0.15, -0.1) is 5.10 Å². The van der Waals surface area contributed by atoms with Crippen molar-refractivity contribution in [2.75, 3.05) is 12.4 Å². The van der Waals surface area contributed by atoms with Crippen LogP contribution in [0.3, 0.4) is 0 Å². The van der Waals surface area contributed by atoms with E-state index in [-0.39, 0.29) is 11.6 Å². The van der Waals surface area contributed by atoms with Crippen LogP contribution in [-0.2, 0) is 0 Å². The van der Waals surface area contributed by atoms with Gasteiger partial charge in [0, 0.05) is 5.69 Å².